The van der Waals surface area contributed by atoms with Crippen molar-refractivity contribution in [1.82, 2.24) is 0 Å². The van der Waals surface area contributed by atoms with Crippen molar-refractivity contribution >= 4 is 49.1 Å². The zero-order chi connectivity index (χ0) is 32.3. The number of rotatable bonds is 9. The van der Waals surface area contributed by atoms with Gasteiger partial charge in [-0.05, 0) is 36.4 Å². The molecule has 0 unspecified atom stereocenters. The van der Waals surface area contributed by atoms with E-state index in [-0.39, 0.29) is 46.6 Å². The first-order valence-electron chi connectivity index (χ1n) is 10.1. The van der Waals surface area contributed by atoms with Crippen LogP contribution in [0.5, 0.6) is 17.2 Å². The van der Waals surface area contributed by atoms with Crippen LogP contribution in [0.2, 0.25) is 0 Å². The van der Waals surface area contributed by atoms with E-state index in [2.05, 4.69) is 12.5 Å². The van der Waals surface area contributed by atoms with Gasteiger partial charge < -0.3 is 42.3 Å². The zero-order valence-electron chi connectivity index (χ0n) is 21.4. The van der Waals surface area contributed by atoms with Crippen molar-refractivity contribution < 1.29 is 128 Å². The summed E-state index contributed by atoms with van der Waals surface area (Å²) in [4.78, 5) is 31.3. The van der Waals surface area contributed by atoms with E-state index in [1.54, 1.807) is 0 Å². The molecule has 23 heteroatoms. The third-order valence-corrected chi connectivity index (χ3v) is 5.08. The molecule has 44 heavy (non-hydrogen) atoms. The maximum Gasteiger partial charge on any atom is 2.00 e. The molecule has 0 fully saturated rings. The minimum Gasteiger partial charge on any atom is -0.545 e. The van der Waals surface area contributed by atoms with Gasteiger partial charge in [-0.1, -0.05) is 36.4 Å². The summed E-state index contributed by atoms with van der Waals surface area (Å²) in [5.74, 6) is -6.25. The van der Waals surface area contributed by atoms with Crippen LogP contribution in [-0.4, -0.2) is 56.8 Å². The Balaban J connectivity index is 0. The molecular formula is C21H15CuNaO18S3. The third-order valence-electron chi connectivity index (χ3n) is 3.91. The second kappa shape index (κ2) is 18.5. The number of para-hydroxylation sites is 3. The molecule has 1 radical (unpaired) electrons. The van der Waals surface area contributed by atoms with E-state index in [9.17, 15) is 55.0 Å². The van der Waals surface area contributed by atoms with Crippen LogP contribution in [0.1, 0.15) is 31.1 Å². The first kappa shape index (κ1) is 42.8. The molecule has 3 aromatic carbocycles. The maximum absolute atomic E-state index is 10.4. The summed E-state index contributed by atoms with van der Waals surface area (Å²) in [6.07, 6.45) is 0. The van der Waals surface area contributed by atoms with Crippen molar-refractivity contribution in [2.45, 2.75) is 0 Å². The predicted octanol–water partition coefficient (Wildman–Crippen LogP) is -5.30. The number of hydrogen-bond donors (Lipinski definition) is 3. The molecule has 0 aliphatic rings. The number of aromatic carboxylic acids is 3. The summed E-state index contributed by atoms with van der Waals surface area (Å²) in [5.41, 5.74) is -1.36. The van der Waals surface area contributed by atoms with Gasteiger partial charge in [0.2, 0.25) is 0 Å². The van der Waals surface area contributed by atoms with Crippen LogP contribution in [0.25, 0.3) is 0 Å². The molecule has 0 amide bonds. The Bertz CT molecular complexity index is 1570. The van der Waals surface area contributed by atoms with Crippen LogP contribution in [0.15, 0.2) is 72.8 Å². The fourth-order valence-electron chi connectivity index (χ4n) is 2.46. The van der Waals surface area contributed by atoms with E-state index in [1.807, 2.05) is 0 Å². The Morgan fingerprint density at radius 2 is 0.659 bits per heavy atom. The van der Waals surface area contributed by atoms with E-state index in [1.165, 1.54) is 36.4 Å². The van der Waals surface area contributed by atoms with Gasteiger partial charge in [-0.2, -0.15) is 25.3 Å². The quantitative estimate of drug-likeness (QED) is 0.136. The molecule has 0 saturated carbocycles. The Morgan fingerprint density at radius 3 is 0.818 bits per heavy atom. The maximum atomic E-state index is 10.4. The molecule has 18 nitrogen and oxygen atoms in total. The van der Waals surface area contributed by atoms with Crippen LogP contribution in [0, 0.1) is 0 Å². The zero-order valence-corrected chi connectivity index (χ0v) is 26.8. The average molecular weight is 738 g/mol. The second-order valence-corrected chi connectivity index (χ2v) is 9.95. The van der Waals surface area contributed by atoms with Crippen LogP contribution in [0.3, 0.4) is 0 Å². The molecule has 0 aliphatic carbocycles. The number of carbonyl (C=O) groups is 3. The molecule has 3 aromatic rings. The third kappa shape index (κ3) is 17.1. The first-order valence-corrected chi connectivity index (χ1v) is 14.2. The summed E-state index contributed by atoms with van der Waals surface area (Å²) in [6, 6.07) is 14.7. The number of carbonyl (C=O) groups excluding carboxylic acids is 3. The van der Waals surface area contributed by atoms with Gasteiger partial charge in [0.25, 0.3) is 0 Å². The summed E-state index contributed by atoms with van der Waals surface area (Å²) in [7, 11) is -14.2. The van der Waals surface area contributed by atoms with E-state index in [4.69, 9.17) is 13.7 Å². The van der Waals surface area contributed by atoms with E-state index >= 15 is 0 Å². The molecule has 0 saturated heterocycles. The van der Waals surface area contributed by atoms with Gasteiger partial charge in [0.05, 0.1) is 17.9 Å². The monoisotopic (exact) mass is 737 g/mol. The van der Waals surface area contributed by atoms with Gasteiger partial charge in [-0.25, -0.2) is 0 Å². The van der Waals surface area contributed by atoms with Crippen molar-refractivity contribution in [3.8, 4) is 17.2 Å². The number of benzene rings is 3. The van der Waals surface area contributed by atoms with Crippen LogP contribution in [-0.2, 0) is 48.3 Å². The van der Waals surface area contributed by atoms with Gasteiger partial charge in [0, 0.05) is 16.7 Å². The van der Waals surface area contributed by atoms with E-state index < -0.39 is 83.0 Å². The normalized spacial score (nSPS) is 10.4. The fourth-order valence-corrected chi connectivity index (χ4v) is 3.58. The Kier molecular flexibility index (Phi) is 18.0. The van der Waals surface area contributed by atoms with Crippen molar-refractivity contribution in [2.24, 2.45) is 0 Å². The van der Waals surface area contributed by atoms with Gasteiger partial charge in [0.1, 0.15) is 0 Å². The molecule has 0 spiro atoms. The van der Waals surface area contributed by atoms with Crippen molar-refractivity contribution in [1.29, 1.82) is 0 Å². The summed E-state index contributed by atoms with van der Waals surface area (Å²) < 4.78 is 98.7. The predicted molar refractivity (Wildman–Crippen MR) is 129 cm³/mol. The Hall–Kier alpha value is -3.28. The van der Waals surface area contributed by atoms with Crippen molar-refractivity contribution in [3.05, 3.63) is 89.5 Å². The van der Waals surface area contributed by atoms with E-state index in [0.29, 0.717) is 0 Å². The van der Waals surface area contributed by atoms with E-state index in [0.717, 1.165) is 36.4 Å². The number of carboxylic acids is 3. The van der Waals surface area contributed by atoms with Crippen LogP contribution >= 0.6 is 0 Å². The Morgan fingerprint density at radius 1 is 0.477 bits per heavy atom. The molecular weight excluding hydrogens is 723 g/mol. The molecule has 3 rings (SSSR count). The Labute approximate surface area is 281 Å². The van der Waals surface area contributed by atoms with Gasteiger partial charge in [0.15, 0.2) is 17.2 Å². The minimum absolute atomic E-state index is 0. The van der Waals surface area contributed by atoms with Gasteiger partial charge in [-0.3, -0.25) is 13.7 Å². The van der Waals surface area contributed by atoms with Crippen molar-refractivity contribution in [2.75, 3.05) is 0 Å². The van der Waals surface area contributed by atoms with Gasteiger partial charge >= 0.3 is 77.8 Å². The summed E-state index contributed by atoms with van der Waals surface area (Å²) in [5, 5.41) is 31.3. The SMILES string of the molecule is O=C([O-])c1ccccc1OS(=O)(=O)O.O=C([O-])c1ccccc1OS(=O)(=O)O.O=C([O-])c1ccccc1OS(=O)(=O)O.[Cu+2].[Na+]. The average Bonchev–Trinajstić information content (AvgIpc) is 2.82. The van der Waals surface area contributed by atoms with Crippen LogP contribution < -0.4 is 57.4 Å². The number of hydrogen-bond acceptors (Lipinski definition) is 15. The molecule has 237 valence electrons. The van der Waals surface area contributed by atoms with Crippen molar-refractivity contribution in [3.63, 3.8) is 0 Å². The molecule has 3 N–H and O–H groups in total. The summed E-state index contributed by atoms with van der Waals surface area (Å²) in [6.45, 7) is 0. The molecule has 0 bridgehead atoms. The van der Waals surface area contributed by atoms with Crippen LogP contribution in [0.4, 0.5) is 0 Å². The smallest absolute Gasteiger partial charge is 0.545 e. The molecule has 0 aromatic heterocycles. The number of carboxylic acid groups (broad SMARTS) is 3. The largest absolute Gasteiger partial charge is 2.00 e. The topological polar surface area (TPSA) is 311 Å². The molecule has 0 atom stereocenters. The first-order chi connectivity index (χ1) is 19.2. The minimum atomic E-state index is -4.72. The fraction of sp³-hybridized carbons (Fsp3) is 0. The second-order valence-electron chi connectivity index (χ2n) is 6.88. The molecule has 0 aliphatic heterocycles. The van der Waals surface area contributed by atoms with Gasteiger partial charge in [-0.15, -0.1) is 0 Å². The molecule has 0 heterocycles. The summed E-state index contributed by atoms with van der Waals surface area (Å²) >= 11 is 0. The standard InChI is InChI=1S/3C7H6O6S.Cu.Na/c3*8-7(9)5-3-1-2-4-6(5)13-14(10,11)12;;/h3*1-4H,(H,8,9)(H,10,11,12);;/q;;;+2;+1/p-3.